The molecule has 1 heterocycles. The largest absolute Gasteiger partial charge is 0.355 e. The van der Waals surface area contributed by atoms with Crippen LogP contribution in [-0.2, 0) is 14.4 Å². The number of hydrogen-bond donors (Lipinski definition) is 4. The first-order valence-electron chi connectivity index (χ1n) is 10.1. The van der Waals surface area contributed by atoms with E-state index in [9.17, 15) is 14.4 Å². The smallest absolute Gasteiger partial charge is 0.279 e. The molecule has 4 N–H and O–H groups in total. The molecule has 0 unspecified atom stereocenters. The minimum absolute atomic E-state index is 0.0356. The number of quaternary nitrogens is 2. The summed E-state index contributed by atoms with van der Waals surface area (Å²) >= 11 is 6.07. The van der Waals surface area contributed by atoms with Gasteiger partial charge in [-0.25, -0.2) is 0 Å². The molecule has 0 atom stereocenters. The predicted molar refractivity (Wildman–Crippen MR) is 112 cm³/mol. The Morgan fingerprint density at radius 1 is 1.03 bits per heavy atom. The number of carbonyl (C=O) groups excluding carboxylic acids is 3. The van der Waals surface area contributed by atoms with Gasteiger partial charge in [0.2, 0.25) is 5.91 Å². The molecule has 1 aromatic carbocycles. The molecule has 8 nitrogen and oxygen atoms in total. The second-order valence-electron chi connectivity index (χ2n) is 7.48. The molecular formula is C20H32ClN5O3+2. The Balaban J connectivity index is 1.69. The van der Waals surface area contributed by atoms with Gasteiger partial charge in [0.15, 0.2) is 13.1 Å². The molecule has 160 valence electrons. The Morgan fingerprint density at radius 3 is 2.28 bits per heavy atom. The highest BCUT2D eigenvalue weighted by Gasteiger charge is 2.27. The number of anilines is 1. The summed E-state index contributed by atoms with van der Waals surface area (Å²) in [5.74, 6) is -0.228. The van der Waals surface area contributed by atoms with Crippen LogP contribution in [0.1, 0.15) is 13.3 Å². The van der Waals surface area contributed by atoms with Gasteiger partial charge in [0, 0.05) is 13.6 Å². The molecule has 1 fully saturated rings. The molecule has 0 saturated carbocycles. The molecule has 3 amide bonds. The van der Waals surface area contributed by atoms with E-state index in [-0.39, 0.29) is 24.3 Å². The number of hydrogen-bond acceptors (Lipinski definition) is 3. The zero-order valence-corrected chi connectivity index (χ0v) is 18.0. The number of benzene rings is 1. The van der Waals surface area contributed by atoms with Gasteiger partial charge in [-0.1, -0.05) is 30.7 Å². The summed E-state index contributed by atoms with van der Waals surface area (Å²) in [6.45, 7) is 6.72. The van der Waals surface area contributed by atoms with E-state index in [1.807, 2.05) is 19.1 Å². The fourth-order valence-electron chi connectivity index (χ4n) is 3.27. The molecule has 29 heavy (non-hydrogen) atoms. The Kier molecular flexibility index (Phi) is 9.37. The third-order valence-electron chi connectivity index (χ3n) is 5.00. The number of nitrogens with one attached hydrogen (secondary N) is 4. The van der Waals surface area contributed by atoms with Crippen LogP contribution in [-0.4, -0.2) is 82.0 Å². The number of halogens is 1. The quantitative estimate of drug-likeness (QED) is 0.371. The van der Waals surface area contributed by atoms with E-state index in [0.29, 0.717) is 30.3 Å². The highest BCUT2D eigenvalue weighted by atomic mass is 35.5. The highest BCUT2D eigenvalue weighted by molar-refractivity contribution is 6.33. The summed E-state index contributed by atoms with van der Waals surface area (Å²) in [6, 6.07) is 7.18. The molecule has 0 bridgehead atoms. The van der Waals surface area contributed by atoms with Gasteiger partial charge in [0.05, 0.1) is 17.3 Å². The molecule has 0 aliphatic carbocycles. The predicted octanol–water partition coefficient (Wildman–Crippen LogP) is -1.95. The number of rotatable bonds is 9. The monoisotopic (exact) mass is 425 g/mol. The number of nitrogens with zero attached hydrogens (tertiary/aromatic N) is 1. The number of amides is 3. The first-order valence-corrected chi connectivity index (χ1v) is 10.5. The van der Waals surface area contributed by atoms with Crippen molar-refractivity contribution in [1.29, 1.82) is 0 Å². The SMILES string of the molecule is CCCNC(=O)CN(C)C(=O)C[NH+]1CC[NH+](CC(=O)Nc2ccccc2Cl)CC1. The van der Waals surface area contributed by atoms with Gasteiger partial charge >= 0.3 is 0 Å². The van der Waals surface area contributed by atoms with Crippen LogP contribution in [0.15, 0.2) is 24.3 Å². The molecule has 0 aromatic heterocycles. The second-order valence-corrected chi connectivity index (χ2v) is 7.89. The van der Waals surface area contributed by atoms with Crippen LogP contribution in [0.4, 0.5) is 5.69 Å². The van der Waals surface area contributed by atoms with Gasteiger partial charge in [0.1, 0.15) is 26.2 Å². The minimum atomic E-state index is -0.128. The maximum Gasteiger partial charge on any atom is 0.279 e. The molecular weight excluding hydrogens is 394 g/mol. The lowest BCUT2D eigenvalue weighted by Crippen LogP contribution is -3.28. The second kappa shape index (κ2) is 11.7. The van der Waals surface area contributed by atoms with Crippen molar-refractivity contribution in [1.82, 2.24) is 10.2 Å². The number of carbonyl (C=O) groups is 3. The average Bonchev–Trinajstić information content (AvgIpc) is 2.69. The van der Waals surface area contributed by atoms with Crippen molar-refractivity contribution in [3.8, 4) is 0 Å². The van der Waals surface area contributed by atoms with Gasteiger partial charge in [-0.05, 0) is 18.6 Å². The van der Waals surface area contributed by atoms with Crippen LogP contribution in [0.5, 0.6) is 0 Å². The Labute approximate surface area is 177 Å². The zero-order valence-electron chi connectivity index (χ0n) is 17.2. The standard InChI is InChI=1S/C20H30ClN5O3/c1-3-8-22-18(27)13-24(2)20(29)15-26-11-9-25(10-12-26)14-19(28)23-17-7-5-4-6-16(17)21/h4-7H,3,8-15H2,1-2H3,(H,22,27)(H,23,28)/p+2. The third kappa shape index (κ3) is 8.00. The Morgan fingerprint density at radius 2 is 1.66 bits per heavy atom. The summed E-state index contributed by atoms with van der Waals surface area (Å²) in [6.07, 6.45) is 0.872. The number of piperazine rings is 1. The molecule has 1 aliphatic heterocycles. The number of para-hydroxylation sites is 1. The Bertz CT molecular complexity index is 707. The molecule has 1 aliphatic rings. The molecule has 0 spiro atoms. The van der Waals surface area contributed by atoms with Crippen molar-refractivity contribution < 1.29 is 24.2 Å². The van der Waals surface area contributed by atoms with E-state index in [2.05, 4.69) is 10.6 Å². The molecule has 1 saturated heterocycles. The van der Waals surface area contributed by atoms with Crippen LogP contribution in [0, 0.1) is 0 Å². The van der Waals surface area contributed by atoms with Crippen LogP contribution in [0.25, 0.3) is 0 Å². The van der Waals surface area contributed by atoms with Crippen LogP contribution in [0.2, 0.25) is 5.02 Å². The highest BCUT2D eigenvalue weighted by Crippen LogP contribution is 2.19. The minimum Gasteiger partial charge on any atom is -0.355 e. The van der Waals surface area contributed by atoms with Crippen molar-refractivity contribution >= 4 is 35.0 Å². The van der Waals surface area contributed by atoms with Crippen molar-refractivity contribution in [3.63, 3.8) is 0 Å². The van der Waals surface area contributed by atoms with Crippen molar-refractivity contribution in [2.45, 2.75) is 13.3 Å². The van der Waals surface area contributed by atoms with Gasteiger partial charge < -0.3 is 25.3 Å². The summed E-state index contributed by atoms with van der Waals surface area (Å²) in [5.41, 5.74) is 0.624. The number of likely N-dealkylation sites (N-methyl/N-ethyl adjacent to an activating group) is 1. The van der Waals surface area contributed by atoms with E-state index < -0.39 is 0 Å². The van der Waals surface area contributed by atoms with Crippen LogP contribution in [0.3, 0.4) is 0 Å². The van der Waals surface area contributed by atoms with Crippen molar-refractivity contribution in [2.75, 3.05) is 64.7 Å². The average molecular weight is 426 g/mol. The summed E-state index contributed by atoms with van der Waals surface area (Å²) in [4.78, 5) is 40.2. The van der Waals surface area contributed by atoms with Crippen molar-refractivity contribution in [2.24, 2.45) is 0 Å². The maximum absolute atomic E-state index is 12.4. The zero-order chi connectivity index (χ0) is 21.2. The van der Waals surface area contributed by atoms with Gasteiger partial charge in [0.25, 0.3) is 11.8 Å². The molecule has 2 rings (SSSR count). The van der Waals surface area contributed by atoms with E-state index in [1.165, 1.54) is 14.7 Å². The van der Waals surface area contributed by atoms with Gasteiger partial charge in [-0.2, -0.15) is 0 Å². The third-order valence-corrected chi connectivity index (χ3v) is 5.33. The lowest BCUT2D eigenvalue weighted by Gasteiger charge is -2.30. The van der Waals surface area contributed by atoms with E-state index in [0.717, 1.165) is 32.6 Å². The van der Waals surface area contributed by atoms with Crippen LogP contribution >= 0.6 is 11.6 Å². The molecule has 9 heteroatoms. The van der Waals surface area contributed by atoms with Crippen LogP contribution < -0.4 is 20.4 Å². The lowest BCUT2D eigenvalue weighted by atomic mass is 10.3. The fraction of sp³-hybridized carbons (Fsp3) is 0.550. The van der Waals surface area contributed by atoms with E-state index >= 15 is 0 Å². The topological polar surface area (TPSA) is 87.4 Å². The maximum atomic E-state index is 12.4. The normalized spacial score (nSPS) is 18.7. The summed E-state index contributed by atoms with van der Waals surface area (Å²) in [7, 11) is 1.66. The van der Waals surface area contributed by atoms with E-state index in [4.69, 9.17) is 11.6 Å². The van der Waals surface area contributed by atoms with Crippen molar-refractivity contribution in [3.05, 3.63) is 29.3 Å². The summed E-state index contributed by atoms with van der Waals surface area (Å²) < 4.78 is 0. The lowest BCUT2D eigenvalue weighted by molar-refractivity contribution is -1.00. The fourth-order valence-corrected chi connectivity index (χ4v) is 3.45. The van der Waals surface area contributed by atoms with Gasteiger partial charge in [-0.15, -0.1) is 0 Å². The molecule has 1 aromatic rings. The van der Waals surface area contributed by atoms with Gasteiger partial charge in [-0.3, -0.25) is 14.4 Å². The van der Waals surface area contributed by atoms with E-state index in [1.54, 1.807) is 19.2 Å². The molecule has 0 radical (unpaired) electrons. The Hall–Kier alpha value is -2.16. The first kappa shape index (κ1) is 23.1. The summed E-state index contributed by atoms with van der Waals surface area (Å²) in [5, 5.41) is 6.15. The first-order chi connectivity index (χ1) is 13.9.